The Bertz CT molecular complexity index is 800. The second kappa shape index (κ2) is 9.19. The van der Waals surface area contributed by atoms with E-state index in [9.17, 15) is 9.59 Å². The molecule has 1 fully saturated rings. The van der Waals surface area contributed by atoms with Crippen LogP contribution in [0.2, 0.25) is 0 Å². The smallest absolute Gasteiger partial charge is 0.262 e. The summed E-state index contributed by atoms with van der Waals surface area (Å²) in [6.45, 7) is 3.00. The average Bonchev–Trinajstić information content (AvgIpc) is 3.19. The van der Waals surface area contributed by atoms with Crippen molar-refractivity contribution in [3.05, 3.63) is 59.7 Å². The standard InChI is InChI=1S/C21H24N2O4/c1-15-7-2-5-11-19(15)27-14-20(24)23-18-10-4-3-9-17(18)21(25)22-13-16-8-6-12-26-16/h2-5,7,9-11,16H,6,8,12-14H2,1H3,(H,22,25)(H,23,24). The summed E-state index contributed by atoms with van der Waals surface area (Å²) in [5.41, 5.74) is 1.83. The van der Waals surface area contributed by atoms with Crippen molar-refractivity contribution in [3.8, 4) is 5.75 Å². The fourth-order valence-corrected chi connectivity index (χ4v) is 2.95. The lowest BCUT2D eigenvalue weighted by molar-refractivity contribution is -0.118. The molecule has 2 aromatic rings. The van der Waals surface area contributed by atoms with Gasteiger partial charge in [0.1, 0.15) is 5.75 Å². The molecule has 3 rings (SSSR count). The highest BCUT2D eigenvalue weighted by molar-refractivity contribution is 6.04. The third-order valence-corrected chi connectivity index (χ3v) is 4.41. The molecule has 1 aliphatic rings. The molecule has 0 aromatic heterocycles. The van der Waals surface area contributed by atoms with Crippen LogP contribution in [0.15, 0.2) is 48.5 Å². The molecule has 2 amide bonds. The molecule has 2 N–H and O–H groups in total. The molecule has 27 heavy (non-hydrogen) atoms. The number of aryl methyl sites for hydroxylation is 1. The number of hydrogen-bond acceptors (Lipinski definition) is 4. The summed E-state index contributed by atoms with van der Waals surface area (Å²) in [4.78, 5) is 24.7. The second-order valence-electron chi connectivity index (χ2n) is 6.49. The van der Waals surface area contributed by atoms with Gasteiger partial charge < -0.3 is 20.1 Å². The van der Waals surface area contributed by atoms with E-state index in [1.807, 2.05) is 31.2 Å². The van der Waals surface area contributed by atoms with Crippen molar-refractivity contribution in [2.45, 2.75) is 25.9 Å². The van der Waals surface area contributed by atoms with Crippen LogP contribution in [0.3, 0.4) is 0 Å². The van der Waals surface area contributed by atoms with Gasteiger partial charge in [-0.25, -0.2) is 0 Å². The number of anilines is 1. The molecule has 142 valence electrons. The molecule has 6 nitrogen and oxygen atoms in total. The molecule has 0 bridgehead atoms. The van der Waals surface area contributed by atoms with Crippen LogP contribution >= 0.6 is 0 Å². The number of carbonyl (C=O) groups excluding carboxylic acids is 2. The summed E-state index contributed by atoms with van der Waals surface area (Å²) in [6.07, 6.45) is 2.04. The van der Waals surface area contributed by atoms with Crippen LogP contribution in [0.5, 0.6) is 5.75 Å². The monoisotopic (exact) mass is 368 g/mol. The fourth-order valence-electron chi connectivity index (χ4n) is 2.95. The zero-order chi connectivity index (χ0) is 19.1. The van der Waals surface area contributed by atoms with E-state index in [1.165, 1.54) is 0 Å². The van der Waals surface area contributed by atoms with Crippen LogP contribution in [0.4, 0.5) is 5.69 Å². The predicted molar refractivity (Wildman–Crippen MR) is 103 cm³/mol. The van der Waals surface area contributed by atoms with Gasteiger partial charge in [0.05, 0.1) is 17.4 Å². The van der Waals surface area contributed by atoms with Gasteiger partial charge in [0.15, 0.2) is 6.61 Å². The molecule has 1 unspecified atom stereocenters. The lowest BCUT2D eigenvalue weighted by Crippen LogP contribution is -2.32. The van der Waals surface area contributed by atoms with Gasteiger partial charge in [-0.2, -0.15) is 0 Å². The number of nitrogens with one attached hydrogen (secondary N) is 2. The Morgan fingerprint density at radius 2 is 1.93 bits per heavy atom. The minimum atomic E-state index is -0.322. The van der Waals surface area contributed by atoms with E-state index in [1.54, 1.807) is 24.3 Å². The van der Waals surface area contributed by atoms with Crippen molar-refractivity contribution in [2.75, 3.05) is 25.1 Å². The summed E-state index contributed by atoms with van der Waals surface area (Å²) in [6, 6.07) is 14.4. The molecule has 0 radical (unpaired) electrons. The second-order valence-corrected chi connectivity index (χ2v) is 6.49. The van der Waals surface area contributed by atoms with Gasteiger partial charge in [0.2, 0.25) is 0 Å². The Balaban J connectivity index is 1.57. The Hall–Kier alpha value is -2.86. The third kappa shape index (κ3) is 5.31. The van der Waals surface area contributed by atoms with Crippen LogP contribution in [0, 0.1) is 6.92 Å². The first kappa shape index (κ1) is 18.9. The van der Waals surface area contributed by atoms with Crippen molar-refractivity contribution in [1.82, 2.24) is 5.32 Å². The SMILES string of the molecule is Cc1ccccc1OCC(=O)Nc1ccccc1C(=O)NCC1CCCO1. The minimum absolute atomic E-state index is 0.0678. The highest BCUT2D eigenvalue weighted by atomic mass is 16.5. The molecule has 6 heteroatoms. The zero-order valence-corrected chi connectivity index (χ0v) is 15.4. The number of rotatable bonds is 7. The maximum absolute atomic E-state index is 12.5. The first-order chi connectivity index (χ1) is 13.1. The predicted octanol–water partition coefficient (Wildman–Crippen LogP) is 2.92. The van der Waals surface area contributed by atoms with E-state index in [0.29, 0.717) is 23.5 Å². The normalized spacial score (nSPS) is 16.0. The van der Waals surface area contributed by atoms with Gasteiger partial charge >= 0.3 is 0 Å². The summed E-state index contributed by atoms with van der Waals surface area (Å²) < 4.78 is 11.1. The number of hydrogen-bond donors (Lipinski definition) is 2. The van der Waals surface area contributed by atoms with Gasteiger partial charge in [0, 0.05) is 13.2 Å². The van der Waals surface area contributed by atoms with E-state index in [-0.39, 0.29) is 24.5 Å². The molecule has 1 atom stereocenters. The molecule has 0 aliphatic carbocycles. The van der Waals surface area contributed by atoms with Crippen LogP contribution in [-0.4, -0.2) is 37.7 Å². The molecule has 1 saturated heterocycles. The van der Waals surface area contributed by atoms with Gasteiger partial charge in [-0.3, -0.25) is 9.59 Å². The van der Waals surface area contributed by atoms with Crippen molar-refractivity contribution < 1.29 is 19.1 Å². The maximum Gasteiger partial charge on any atom is 0.262 e. The number of ether oxygens (including phenoxy) is 2. The highest BCUT2D eigenvalue weighted by Gasteiger charge is 2.18. The lowest BCUT2D eigenvalue weighted by atomic mass is 10.1. The Kier molecular flexibility index (Phi) is 6.44. The lowest BCUT2D eigenvalue weighted by Gasteiger charge is -2.14. The number of amides is 2. The molecule has 0 saturated carbocycles. The first-order valence-corrected chi connectivity index (χ1v) is 9.10. The van der Waals surface area contributed by atoms with E-state index in [0.717, 1.165) is 25.0 Å². The van der Waals surface area contributed by atoms with E-state index in [4.69, 9.17) is 9.47 Å². The van der Waals surface area contributed by atoms with Gasteiger partial charge in [-0.15, -0.1) is 0 Å². The van der Waals surface area contributed by atoms with E-state index >= 15 is 0 Å². The number of benzene rings is 2. The summed E-state index contributed by atoms with van der Waals surface area (Å²) in [7, 11) is 0. The molecular weight excluding hydrogens is 344 g/mol. The zero-order valence-electron chi connectivity index (χ0n) is 15.4. The largest absolute Gasteiger partial charge is 0.483 e. The van der Waals surface area contributed by atoms with E-state index in [2.05, 4.69) is 10.6 Å². The maximum atomic E-state index is 12.5. The van der Waals surface area contributed by atoms with Gasteiger partial charge in [0.25, 0.3) is 11.8 Å². The molecular formula is C21H24N2O4. The first-order valence-electron chi connectivity index (χ1n) is 9.10. The quantitative estimate of drug-likeness (QED) is 0.788. The number of carbonyl (C=O) groups is 2. The van der Waals surface area contributed by atoms with Crippen LogP contribution < -0.4 is 15.4 Å². The average molecular weight is 368 g/mol. The molecule has 1 heterocycles. The summed E-state index contributed by atoms with van der Waals surface area (Å²) in [5, 5.41) is 5.63. The Morgan fingerprint density at radius 1 is 1.15 bits per heavy atom. The van der Waals surface area contributed by atoms with Crippen molar-refractivity contribution in [2.24, 2.45) is 0 Å². The van der Waals surface area contributed by atoms with Crippen LogP contribution in [-0.2, 0) is 9.53 Å². The van der Waals surface area contributed by atoms with Crippen LogP contribution in [0.1, 0.15) is 28.8 Å². The third-order valence-electron chi connectivity index (χ3n) is 4.41. The molecule has 1 aliphatic heterocycles. The summed E-state index contributed by atoms with van der Waals surface area (Å²) >= 11 is 0. The van der Waals surface area contributed by atoms with Gasteiger partial charge in [-0.05, 0) is 43.5 Å². The van der Waals surface area contributed by atoms with Crippen molar-refractivity contribution >= 4 is 17.5 Å². The molecule has 0 spiro atoms. The Labute approximate surface area is 158 Å². The topological polar surface area (TPSA) is 76.7 Å². The Morgan fingerprint density at radius 3 is 2.70 bits per heavy atom. The number of para-hydroxylation sites is 2. The highest BCUT2D eigenvalue weighted by Crippen LogP contribution is 2.18. The van der Waals surface area contributed by atoms with Crippen molar-refractivity contribution in [1.29, 1.82) is 0 Å². The van der Waals surface area contributed by atoms with Crippen molar-refractivity contribution in [3.63, 3.8) is 0 Å². The fraction of sp³-hybridized carbons (Fsp3) is 0.333. The summed E-state index contributed by atoms with van der Waals surface area (Å²) in [5.74, 6) is 0.106. The minimum Gasteiger partial charge on any atom is -0.483 e. The van der Waals surface area contributed by atoms with Crippen LogP contribution in [0.25, 0.3) is 0 Å². The molecule has 2 aromatic carbocycles. The van der Waals surface area contributed by atoms with E-state index < -0.39 is 0 Å². The van der Waals surface area contributed by atoms with Gasteiger partial charge in [-0.1, -0.05) is 30.3 Å².